The molecule has 0 aromatic rings. The Morgan fingerprint density at radius 1 is 0.750 bits per heavy atom. The standard InChI is InChI=1S/C16H34/c1-6-8-10-12-15(11-9-7-2)13-14-16(3,4)5/h15H,6-14H2,1-5H3. The van der Waals surface area contributed by atoms with E-state index in [0.717, 1.165) is 5.92 Å². The predicted molar refractivity (Wildman–Crippen MR) is 75.8 cm³/mol. The molecule has 0 aliphatic heterocycles. The second-order valence-corrected chi connectivity index (χ2v) is 6.60. The van der Waals surface area contributed by atoms with Crippen molar-refractivity contribution >= 4 is 0 Å². The topological polar surface area (TPSA) is 0 Å². The monoisotopic (exact) mass is 226 g/mol. The Hall–Kier alpha value is 0. The fourth-order valence-electron chi connectivity index (χ4n) is 2.25. The van der Waals surface area contributed by atoms with Gasteiger partial charge in [-0.15, -0.1) is 0 Å². The van der Waals surface area contributed by atoms with Crippen molar-refractivity contribution in [3.05, 3.63) is 0 Å². The van der Waals surface area contributed by atoms with E-state index in [1.807, 2.05) is 0 Å². The highest BCUT2D eigenvalue weighted by atomic mass is 14.2. The first kappa shape index (κ1) is 16.0. The summed E-state index contributed by atoms with van der Waals surface area (Å²) in [5.41, 5.74) is 0.523. The van der Waals surface area contributed by atoms with Gasteiger partial charge in [0.25, 0.3) is 0 Å². The molecule has 1 unspecified atom stereocenters. The molecule has 0 N–H and O–H groups in total. The molecule has 0 heteroatoms. The number of hydrogen-bond acceptors (Lipinski definition) is 0. The van der Waals surface area contributed by atoms with Crippen LogP contribution in [0.2, 0.25) is 0 Å². The Morgan fingerprint density at radius 3 is 1.81 bits per heavy atom. The lowest BCUT2D eigenvalue weighted by molar-refractivity contribution is 0.295. The predicted octanol–water partition coefficient (Wildman–Crippen LogP) is 6.20. The third kappa shape index (κ3) is 10.5. The van der Waals surface area contributed by atoms with E-state index in [-0.39, 0.29) is 0 Å². The molecule has 0 fully saturated rings. The van der Waals surface area contributed by atoms with Gasteiger partial charge < -0.3 is 0 Å². The van der Waals surface area contributed by atoms with Crippen LogP contribution in [-0.2, 0) is 0 Å². The van der Waals surface area contributed by atoms with Crippen LogP contribution in [0.15, 0.2) is 0 Å². The molecule has 1 atom stereocenters. The van der Waals surface area contributed by atoms with Gasteiger partial charge in [-0.3, -0.25) is 0 Å². The van der Waals surface area contributed by atoms with Gasteiger partial charge in [-0.25, -0.2) is 0 Å². The van der Waals surface area contributed by atoms with E-state index in [4.69, 9.17) is 0 Å². The van der Waals surface area contributed by atoms with Crippen LogP contribution in [0.3, 0.4) is 0 Å². The smallest absolute Gasteiger partial charge is 0.0383 e. The van der Waals surface area contributed by atoms with Crippen molar-refractivity contribution in [1.82, 2.24) is 0 Å². The maximum atomic E-state index is 2.37. The summed E-state index contributed by atoms with van der Waals surface area (Å²) in [4.78, 5) is 0. The van der Waals surface area contributed by atoms with Crippen LogP contribution in [-0.4, -0.2) is 0 Å². The summed E-state index contributed by atoms with van der Waals surface area (Å²) in [6, 6.07) is 0. The molecule has 0 nitrogen and oxygen atoms in total. The van der Waals surface area contributed by atoms with Gasteiger partial charge in [0, 0.05) is 0 Å². The van der Waals surface area contributed by atoms with Crippen molar-refractivity contribution in [1.29, 1.82) is 0 Å². The van der Waals surface area contributed by atoms with Gasteiger partial charge in [0.2, 0.25) is 0 Å². The lowest BCUT2D eigenvalue weighted by atomic mass is 9.83. The first-order chi connectivity index (χ1) is 7.49. The van der Waals surface area contributed by atoms with Gasteiger partial charge in [0.1, 0.15) is 0 Å². The lowest BCUT2D eigenvalue weighted by Gasteiger charge is -2.23. The lowest BCUT2D eigenvalue weighted by Crippen LogP contribution is -2.09. The van der Waals surface area contributed by atoms with E-state index in [9.17, 15) is 0 Å². The van der Waals surface area contributed by atoms with Crippen molar-refractivity contribution in [2.45, 2.75) is 92.4 Å². The van der Waals surface area contributed by atoms with Crippen LogP contribution in [0.25, 0.3) is 0 Å². The van der Waals surface area contributed by atoms with Crippen molar-refractivity contribution in [3.63, 3.8) is 0 Å². The summed E-state index contributed by atoms with van der Waals surface area (Å²) in [7, 11) is 0. The fraction of sp³-hybridized carbons (Fsp3) is 1.00. The molecule has 16 heavy (non-hydrogen) atoms. The zero-order valence-electron chi connectivity index (χ0n) is 12.4. The second kappa shape index (κ2) is 9.07. The molecular formula is C16H34. The molecule has 0 saturated carbocycles. The average molecular weight is 226 g/mol. The molecule has 0 amide bonds. The molecular weight excluding hydrogens is 192 g/mol. The minimum Gasteiger partial charge on any atom is -0.0654 e. The zero-order chi connectivity index (χ0) is 12.4. The van der Waals surface area contributed by atoms with Crippen molar-refractivity contribution in [3.8, 4) is 0 Å². The minimum absolute atomic E-state index is 0.523. The Labute approximate surface area is 104 Å². The van der Waals surface area contributed by atoms with Crippen molar-refractivity contribution < 1.29 is 0 Å². The summed E-state index contributed by atoms with van der Waals surface area (Å²) < 4.78 is 0. The summed E-state index contributed by atoms with van der Waals surface area (Å²) >= 11 is 0. The normalized spacial score (nSPS) is 14.1. The zero-order valence-corrected chi connectivity index (χ0v) is 12.4. The molecule has 0 aromatic carbocycles. The summed E-state index contributed by atoms with van der Waals surface area (Å²) in [5.74, 6) is 1.01. The van der Waals surface area contributed by atoms with Gasteiger partial charge >= 0.3 is 0 Å². The van der Waals surface area contributed by atoms with Gasteiger partial charge in [0.15, 0.2) is 0 Å². The maximum absolute atomic E-state index is 2.37. The van der Waals surface area contributed by atoms with E-state index in [1.165, 1.54) is 57.8 Å². The molecule has 0 bridgehead atoms. The van der Waals surface area contributed by atoms with Crippen LogP contribution in [0.1, 0.15) is 92.4 Å². The van der Waals surface area contributed by atoms with Crippen LogP contribution in [0, 0.1) is 11.3 Å². The highest BCUT2D eigenvalue weighted by molar-refractivity contribution is 4.67. The molecule has 0 rings (SSSR count). The SMILES string of the molecule is CCCCCC(CCCC)CCC(C)(C)C. The highest BCUT2D eigenvalue weighted by Gasteiger charge is 2.14. The summed E-state index contributed by atoms with van der Waals surface area (Å²) in [6.07, 6.45) is 12.8. The molecule has 0 aromatic heterocycles. The Balaban J connectivity index is 3.80. The largest absolute Gasteiger partial charge is 0.0654 e. The quantitative estimate of drug-likeness (QED) is 0.411. The molecule has 0 radical (unpaired) electrons. The van der Waals surface area contributed by atoms with Crippen LogP contribution in [0.4, 0.5) is 0 Å². The van der Waals surface area contributed by atoms with E-state index < -0.39 is 0 Å². The molecule has 0 spiro atoms. The van der Waals surface area contributed by atoms with Gasteiger partial charge in [-0.05, 0) is 24.2 Å². The van der Waals surface area contributed by atoms with Crippen molar-refractivity contribution in [2.24, 2.45) is 11.3 Å². The van der Waals surface area contributed by atoms with Gasteiger partial charge in [-0.2, -0.15) is 0 Å². The highest BCUT2D eigenvalue weighted by Crippen LogP contribution is 2.28. The first-order valence-corrected chi connectivity index (χ1v) is 7.49. The van der Waals surface area contributed by atoms with Crippen LogP contribution >= 0.6 is 0 Å². The summed E-state index contributed by atoms with van der Waals surface area (Å²) in [5, 5.41) is 0. The van der Waals surface area contributed by atoms with Crippen molar-refractivity contribution in [2.75, 3.05) is 0 Å². The van der Waals surface area contributed by atoms with E-state index in [2.05, 4.69) is 34.6 Å². The average Bonchev–Trinajstić information content (AvgIpc) is 2.20. The third-order valence-corrected chi connectivity index (χ3v) is 3.48. The van der Waals surface area contributed by atoms with Gasteiger partial charge in [0.05, 0.1) is 0 Å². The molecule has 0 heterocycles. The van der Waals surface area contributed by atoms with Gasteiger partial charge in [-0.1, -0.05) is 79.6 Å². The van der Waals surface area contributed by atoms with Crippen LogP contribution in [0.5, 0.6) is 0 Å². The molecule has 0 saturated heterocycles. The summed E-state index contributed by atoms with van der Waals surface area (Å²) in [6.45, 7) is 11.7. The molecule has 0 aliphatic carbocycles. The van der Waals surface area contributed by atoms with Crippen LogP contribution < -0.4 is 0 Å². The minimum atomic E-state index is 0.523. The number of unbranched alkanes of at least 4 members (excludes halogenated alkanes) is 3. The number of rotatable bonds is 9. The second-order valence-electron chi connectivity index (χ2n) is 6.60. The Kier molecular flexibility index (Phi) is 9.07. The van der Waals surface area contributed by atoms with E-state index in [0.29, 0.717) is 5.41 Å². The Morgan fingerprint density at radius 2 is 1.31 bits per heavy atom. The fourth-order valence-corrected chi connectivity index (χ4v) is 2.25. The maximum Gasteiger partial charge on any atom is -0.0383 e. The first-order valence-electron chi connectivity index (χ1n) is 7.49. The Bertz CT molecular complexity index is 141. The molecule has 98 valence electrons. The number of hydrogen-bond donors (Lipinski definition) is 0. The van der Waals surface area contributed by atoms with E-state index >= 15 is 0 Å². The molecule has 0 aliphatic rings. The third-order valence-electron chi connectivity index (χ3n) is 3.48. The van der Waals surface area contributed by atoms with E-state index in [1.54, 1.807) is 0 Å².